The molecule has 124 valence electrons. The van der Waals surface area contributed by atoms with Gasteiger partial charge in [-0.15, -0.1) is 0 Å². The number of nitrogens with zero attached hydrogens (tertiary/aromatic N) is 1. The van der Waals surface area contributed by atoms with Crippen molar-refractivity contribution in [1.82, 2.24) is 4.90 Å². The van der Waals surface area contributed by atoms with Crippen LogP contribution in [0.5, 0.6) is 0 Å². The third-order valence-electron chi connectivity index (χ3n) is 4.49. The molecule has 1 fully saturated rings. The van der Waals surface area contributed by atoms with Crippen LogP contribution in [0.15, 0.2) is 0 Å². The molecule has 1 amide bonds. The van der Waals surface area contributed by atoms with Crippen LogP contribution in [0.1, 0.15) is 96.8 Å². The lowest BCUT2D eigenvalue weighted by Crippen LogP contribution is -2.36. The van der Waals surface area contributed by atoms with Crippen molar-refractivity contribution < 1.29 is 4.79 Å². The van der Waals surface area contributed by atoms with E-state index in [-0.39, 0.29) is 0 Å². The maximum atomic E-state index is 12.0. The van der Waals surface area contributed by atoms with Crippen molar-refractivity contribution in [3.63, 3.8) is 0 Å². The van der Waals surface area contributed by atoms with Gasteiger partial charge in [0.15, 0.2) is 0 Å². The van der Waals surface area contributed by atoms with Gasteiger partial charge in [-0.05, 0) is 19.3 Å². The fourth-order valence-electron chi connectivity index (χ4n) is 3.08. The van der Waals surface area contributed by atoms with Gasteiger partial charge in [-0.2, -0.15) is 0 Å². The molecule has 1 unspecified atom stereocenters. The van der Waals surface area contributed by atoms with Gasteiger partial charge in [0.25, 0.3) is 0 Å². The molecular formula is C18H34INO. The first kappa shape index (κ1) is 19.2. The fraction of sp³-hybridized carbons (Fsp3) is 0.944. The monoisotopic (exact) mass is 407 g/mol. The van der Waals surface area contributed by atoms with E-state index in [2.05, 4.69) is 34.4 Å². The number of carbonyl (C=O) groups excluding carboxylic acids is 1. The van der Waals surface area contributed by atoms with Crippen molar-refractivity contribution in [2.24, 2.45) is 0 Å². The van der Waals surface area contributed by atoms with E-state index in [1.54, 1.807) is 0 Å². The lowest BCUT2D eigenvalue weighted by molar-refractivity contribution is -0.131. The molecule has 1 heterocycles. The van der Waals surface area contributed by atoms with E-state index < -0.39 is 0 Å². The predicted molar refractivity (Wildman–Crippen MR) is 99.8 cm³/mol. The molecule has 0 aliphatic carbocycles. The van der Waals surface area contributed by atoms with Crippen LogP contribution in [-0.2, 0) is 4.79 Å². The van der Waals surface area contributed by atoms with Gasteiger partial charge >= 0.3 is 0 Å². The molecule has 0 saturated carbocycles. The molecule has 1 saturated heterocycles. The summed E-state index contributed by atoms with van der Waals surface area (Å²) >= 11 is 2.48. The summed E-state index contributed by atoms with van der Waals surface area (Å²) in [6, 6.07) is 0. The lowest BCUT2D eigenvalue weighted by Gasteiger charge is -2.26. The molecule has 1 aliphatic heterocycles. The Labute approximate surface area is 145 Å². The van der Waals surface area contributed by atoms with Crippen LogP contribution in [0, 0.1) is 0 Å². The summed E-state index contributed by atoms with van der Waals surface area (Å²) in [5.74, 6) is 0.392. The molecule has 0 aromatic heterocycles. The van der Waals surface area contributed by atoms with E-state index in [9.17, 15) is 4.79 Å². The number of amides is 1. The Morgan fingerprint density at radius 1 is 0.952 bits per heavy atom. The number of hydrogen-bond donors (Lipinski definition) is 0. The average molecular weight is 407 g/mol. The minimum absolute atomic E-state index is 0.392. The maximum Gasteiger partial charge on any atom is 0.223 e. The van der Waals surface area contributed by atoms with Gasteiger partial charge in [-0.25, -0.2) is 0 Å². The van der Waals surface area contributed by atoms with E-state index in [4.69, 9.17) is 0 Å². The second-order valence-corrected chi connectivity index (χ2v) is 7.89. The zero-order valence-electron chi connectivity index (χ0n) is 13.9. The molecule has 2 nitrogen and oxygen atoms in total. The molecule has 3 heteroatoms. The molecular weight excluding hydrogens is 373 g/mol. The first-order valence-corrected chi connectivity index (χ1v) is 10.4. The maximum absolute atomic E-state index is 12.0. The molecule has 1 rings (SSSR count). The molecule has 0 radical (unpaired) electrons. The van der Waals surface area contributed by atoms with Crippen molar-refractivity contribution in [2.75, 3.05) is 6.54 Å². The zero-order chi connectivity index (χ0) is 15.3. The Kier molecular flexibility index (Phi) is 11.7. The molecule has 21 heavy (non-hydrogen) atoms. The van der Waals surface area contributed by atoms with Crippen molar-refractivity contribution >= 4 is 28.5 Å². The molecule has 0 N–H and O–H groups in total. The van der Waals surface area contributed by atoms with Gasteiger partial charge in [0, 0.05) is 13.0 Å². The number of hydrogen-bond acceptors (Lipinski definition) is 1. The van der Waals surface area contributed by atoms with Gasteiger partial charge in [-0.1, -0.05) is 93.7 Å². The third-order valence-corrected chi connectivity index (χ3v) is 5.79. The highest BCUT2D eigenvalue weighted by molar-refractivity contribution is 14.1. The van der Waals surface area contributed by atoms with E-state index in [0.29, 0.717) is 9.96 Å². The summed E-state index contributed by atoms with van der Waals surface area (Å²) < 4.78 is 0.428. The molecule has 0 aromatic rings. The Balaban J connectivity index is 2.00. The summed E-state index contributed by atoms with van der Waals surface area (Å²) in [7, 11) is 0. The number of unbranched alkanes of at least 4 members (excludes halogenated alkanes) is 8. The van der Waals surface area contributed by atoms with Crippen LogP contribution in [0.25, 0.3) is 0 Å². The van der Waals surface area contributed by atoms with E-state index in [1.807, 2.05) is 0 Å². The third kappa shape index (κ3) is 9.04. The highest BCUT2D eigenvalue weighted by Gasteiger charge is 2.22. The van der Waals surface area contributed by atoms with Gasteiger partial charge in [-0.3, -0.25) is 4.79 Å². The Hall–Kier alpha value is 0.200. The van der Waals surface area contributed by atoms with Crippen molar-refractivity contribution in [2.45, 2.75) is 101 Å². The quantitative estimate of drug-likeness (QED) is 0.176. The summed E-state index contributed by atoms with van der Waals surface area (Å²) in [5, 5.41) is 0. The molecule has 0 bridgehead atoms. The van der Waals surface area contributed by atoms with Crippen LogP contribution < -0.4 is 0 Å². The number of carbonyl (C=O) groups is 1. The van der Waals surface area contributed by atoms with E-state index >= 15 is 0 Å². The normalized spacial score (nSPS) is 17.8. The molecule has 0 aromatic carbocycles. The fourth-order valence-corrected chi connectivity index (χ4v) is 4.11. The van der Waals surface area contributed by atoms with Gasteiger partial charge < -0.3 is 4.90 Å². The Morgan fingerprint density at radius 2 is 1.57 bits per heavy atom. The first-order valence-electron chi connectivity index (χ1n) is 9.19. The first-order chi connectivity index (χ1) is 10.3. The second kappa shape index (κ2) is 12.7. The Morgan fingerprint density at radius 3 is 2.24 bits per heavy atom. The minimum Gasteiger partial charge on any atom is -0.331 e. The number of likely N-dealkylation sites (tertiary alicyclic amines) is 1. The van der Waals surface area contributed by atoms with Gasteiger partial charge in [0.2, 0.25) is 5.91 Å². The van der Waals surface area contributed by atoms with Crippen molar-refractivity contribution in [1.29, 1.82) is 0 Å². The van der Waals surface area contributed by atoms with Gasteiger partial charge in [0.1, 0.15) is 0 Å². The van der Waals surface area contributed by atoms with Crippen molar-refractivity contribution in [3.05, 3.63) is 0 Å². The summed E-state index contributed by atoms with van der Waals surface area (Å²) in [6.45, 7) is 3.26. The molecule has 0 spiro atoms. The van der Waals surface area contributed by atoms with E-state index in [0.717, 1.165) is 19.4 Å². The summed E-state index contributed by atoms with van der Waals surface area (Å²) in [6.07, 6.45) is 17.9. The van der Waals surface area contributed by atoms with Crippen LogP contribution >= 0.6 is 22.6 Å². The average Bonchev–Trinajstić information content (AvgIpc) is 2.70. The highest BCUT2D eigenvalue weighted by Crippen LogP contribution is 2.22. The van der Waals surface area contributed by atoms with Crippen LogP contribution in [-0.4, -0.2) is 21.4 Å². The largest absolute Gasteiger partial charge is 0.331 e. The number of alkyl halides is 1. The summed E-state index contributed by atoms with van der Waals surface area (Å²) in [4.78, 5) is 14.2. The topological polar surface area (TPSA) is 20.3 Å². The Bertz CT molecular complexity index is 270. The highest BCUT2D eigenvalue weighted by atomic mass is 127. The standard InChI is InChI=1S/C18H34INO/c1-2-3-4-5-6-7-8-9-11-14-17(19)20-16-13-10-12-15-18(20)21/h17H,2-16H2,1H3. The number of rotatable bonds is 11. The SMILES string of the molecule is CCCCCCCCCCCC(I)N1CCCCCC1=O. The summed E-state index contributed by atoms with van der Waals surface area (Å²) in [5.41, 5.74) is 0. The zero-order valence-corrected chi connectivity index (χ0v) is 16.1. The minimum atomic E-state index is 0.392. The van der Waals surface area contributed by atoms with Gasteiger partial charge in [0.05, 0.1) is 4.05 Å². The predicted octanol–water partition coefficient (Wildman–Crippen LogP) is 6.07. The lowest BCUT2D eigenvalue weighted by atomic mass is 10.1. The van der Waals surface area contributed by atoms with Crippen LogP contribution in [0.4, 0.5) is 0 Å². The van der Waals surface area contributed by atoms with Crippen LogP contribution in [0.2, 0.25) is 0 Å². The molecule has 1 aliphatic rings. The van der Waals surface area contributed by atoms with E-state index in [1.165, 1.54) is 77.0 Å². The second-order valence-electron chi connectivity index (χ2n) is 6.45. The molecule has 1 atom stereocenters. The smallest absolute Gasteiger partial charge is 0.223 e. The van der Waals surface area contributed by atoms with Crippen LogP contribution in [0.3, 0.4) is 0 Å². The number of halogens is 1. The van der Waals surface area contributed by atoms with Crippen molar-refractivity contribution in [3.8, 4) is 0 Å².